The van der Waals surface area contributed by atoms with E-state index in [-0.39, 0.29) is 5.69 Å². The van der Waals surface area contributed by atoms with Crippen LogP contribution >= 0.6 is 11.8 Å². The summed E-state index contributed by atoms with van der Waals surface area (Å²) in [5.74, 6) is -12.0. The molecule has 0 unspecified atom stereocenters. The summed E-state index contributed by atoms with van der Waals surface area (Å²) in [6.45, 7) is 0. The van der Waals surface area contributed by atoms with Gasteiger partial charge in [0, 0.05) is 24.5 Å². The molecule has 2 aromatic carbocycles. The van der Waals surface area contributed by atoms with E-state index in [9.17, 15) is 30.4 Å². The molecule has 0 aromatic heterocycles. The number of hydrogen-bond donors (Lipinski definition) is 1. The van der Waals surface area contributed by atoms with E-state index in [2.05, 4.69) is 0 Å². The van der Waals surface area contributed by atoms with Crippen LogP contribution in [-0.2, 0) is 10.0 Å². The largest absolute Gasteiger partial charge is 0.288 e. The lowest BCUT2D eigenvalue weighted by molar-refractivity contribution is 0.358. The Morgan fingerprint density at radius 1 is 0.875 bits per heavy atom. The molecule has 0 bridgehead atoms. The SMILES string of the molecule is CN(Cl)c1ccc(NS(=O)(=O)c2c(F)c(F)c(F)c(F)c2F)cc1. The van der Waals surface area contributed by atoms with Crippen LogP contribution in [0.1, 0.15) is 0 Å². The zero-order chi connectivity index (χ0) is 18.2. The average Bonchev–Trinajstić information content (AvgIpc) is 2.51. The standard InChI is InChI=1S/C13H8ClF5N2O2S/c1-21(14)7-4-2-6(3-5-7)20-24(22,23)13-11(18)9(16)8(15)10(17)12(13)19/h2-5,20H,1H3. The van der Waals surface area contributed by atoms with Gasteiger partial charge < -0.3 is 0 Å². The summed E-state index contributed by atoms with van der Waals surface area (Å²) in [6, 6.07) is 5.11. The molecule has 0 heterocycles. The zero-order valence-electron chi connectivity index (χ0n) is 11.7. The number of nitrogens with one attached hydrogen (secondary N) is 1. The summed E-state index contributed by atoms with van der Waals surface area (Å²) in [7, 11) is -3.57. The highest BCUT2D eigenvalue weighted by Crippen LogP contribution is 2.28. The van der Waals surface area contributed by atoms with Gasteiger partial charge in [-0.2, -0.15) is 0 Å². The van der Waals surface area contributed by atoms with Crippen LogP contribution in [0.15, 0.2) is 29.2 Å². The van der Waals surface area contributed by atoms with Gasteiger partial charge >= 0.3 is 0 Å². The summed E-state index contributed by atoms with van der Waals surface area (Å²) in [5.41, 5.74) is 0.303. The van der Waals surface area contributed by atoms with E-state index < -0.39 is 44.0 Å². The Hall–Kier alpha value is -2.07. The minimum Gasteiger partial charge on any atom is -0.288 e. The van der Waals surface area contributed by atoms with Gasteiger partial charge in [0.1, 0.15) is 0 Å². The van der Waals surface area contributed by atoms with E-state index in [1.54, 1.807) is 4.72 Å². The fraction of sp³-hybridized carbons (Fsp3) is 0.0769. The molecular formula is C13H8ClF5N2O2S. The molecule has 0 saturated carbocycles. The number of nitrogens with zero attached hydrogens (tertiary/aromatic N) is 1. The molecule has 0 aliphatic carbocycles. The summed E-state index contributed by atoms with van der Waals surface area (Å²) in [6.07, 6.45) is 0. The first-order valence-electron chi connectivity index (χ1n) is 6.10. The van der Waals surface area contributed by atoms with Crippen molar-refractivity contribution >= 4 is 33.2 Å². The number of benzene rings is 2. The Balaban J connectivity index is 2.48. The van der Waals surface area contributed by atoms with Crippen LogP contribution in [-0.4, -0.2) is 15.5 Å². The van der Waals surface area contributed by atoms with E-state index in [0.29, 0.717) is 5.69 Å². The third kappa shape index (κ3) is 3.24. The van der Waals surface area contributed by atoms with Crippen LogP contribution in [0.25, 0.3) is 0 Å². The highest BCUT2D eigenvalue weighted by atomic mass is 35.5. The molecule has 24 heavy (non-hydrogen) atoms. The van der Waals surface area contributed by atoms with Crippen molar-refractivity contribution < 1.29 is 30.4 Å². The maximum Gasteiger partial charge on any atom is 0.267 e. The molecule has 0 fully saturated rings. The first kappa shape index (κ1) is 18.3. The molecule has 0 radical (unpaired) electrons. The van der Waals surface area contributed by atoms with Gasteiger partial charge in [-0.3, -0.25) is 9.14 Å². The summed E-state index contributed by atoms with van der Waals surface area (Å²) in [5, 5.41) is 0. The van der Waals surface area contributed by atoms with Crippen LogP contribution in [0.5, 0.6) is 0 Å². The van der Waals surface area contributed by atoms with Gasteiger partial charge in [-0.05, 0) is 24.3 Å². The van der Waals surface area contributed by atoms with Crippen molar-refractivity contribution in [2.75, 3.05) is 16.2 Å². The van der Waals surface area contributed by atoms with Crippen molar-refractivity contribution in [2.24, 2.45) is 0 Å². The highest BCUT2D eigenvalue weighted by molar-refractivity contribution is 7.92. The van der Waals surface area contributed by atoms with Crippen LogP contribution in [0.2, 0.25) is 0 Å². The third-order valence-electron chi connectivity index (χ3n) is 2.91. The third-order valence-corrected chi connectivity index (χ3v) is 4.51. The first-order valence-corrected chi connectivity index (χ1v) is 7.92. The van der Waals surface area contributed by atoms with E-state index >= 15 is 0 Å². The lowest BCUT2D eigenvalue weighted by Gasteiger charge is -2.13. The molecule has 11 heteroatoms. The molecule has 1 N–H and O–H groups in total. The molecule has 0 saturated heterocycles. The molecule has 0 spiro atoms. The number of hydrogen-bond acceptors (Lipinski definition) is 3. The second kappa shape index (κ2) is 6.44. The first-order chi connectivity index (χ1) is 11.1. The van der Waals surface area contributed by atoms with Crippen LogP contribution < -0.4 is 9.14 Å². The van der Waals surface area contributed by atoms with Crippen molar-refractivity contribution in [1.29, 1.82) is 0 Å². The fourth-order valence-electron chi connectivity index (χ4n) is 1.76. The molecule has 2 rings (SSSR count). The maximum atomic E-state index is 13.6. The predicted octanol–water partition coefficient (Wildman–Crippen LogP) is 3.77. The van der Waals surface area contributed by atoms with E-state index in [1.165, 1.54) is 35.7 Å². The lowest BCUT2D eigenvalue weighted by Crippen LogP contribution is -2.19. The van der Waals surface area contributed by atoms with Gasteiger partial charge in [-0.25, -0.2) is 30.4 Å². The highest BCUT2D eigenvalue weighted by Gasteiger charge is 2.33. The molecule has 0 amide bonds. The lowest BCUT2D eigenvalue weighted by atomic mass is 10.3. The minimum absolute atomic E-state index is 0.166. The van der Waals surface area contributed by atoms with Crippen molar-refractivity contribution in [3.63, 3.8) is 0 Å². The second-order valence-electron chi connectivity index (χ2n) is 4.53. The smallest absolute Gasteiger partial charge is 0.267 e. The Kier molecular flexibility index (Phi) is 4.90. The summed E-state index contributed by atoms with van der Waals surface area (Å²) < 4.78 is 93.4. The predicted molar refractivity (Wildman–Crippen MR) is 77.7 cm³/mol. The van der Waals surface area contributed by atoms with E-state index in [0.717, 1.165) is 0 Å². The van der Waals surface area contributed by atoms with Gasteiger partial charge in [0.05, 0.1) is 5.69 Å². The normalized spacial score (nSPS) is 11.5. The van der Waals surface area contributed by atoms with Gasteiger partial charge in [-0.1, -0.05) is 0 Å². The van der Waals surface area contributed by atoms with E-state index in [1.807, 2.05) is 0 Å². The van der Waals surface area contributed by atoms with Gasteiger partial charge in [0.25, 0.3) is 10.0 Å². The van der Waals surface area contributed by atoms with Crippen molar-refractivity contribution in [3.05, 3.63) is 53.4 Å². The van der Waals surface area contributed by atoms with Crippen LogP contribution in [0, 0.1) is 29.1 Å². The van der Waals surface area contributed by atoms with Gasteiger partial charge in [-0.15, -0.1) is 0 Å². The maximum absolute atomic E-state index is 13.6. The molecule has 130 valence electrons. The van der Waals surface area contributed by atoms with Crippen LogP contribution in [0.3, 0.4) is 0 Å². The molecular weight excluding hydrogens is 379 g/mol. The zero-order valence-corrected chi connectivity index (χ0v) is 13.3. The van der Waals surface area contributed by atoms with E-state index in [4.69, 9.17) is 11.8 Å². The number of anilines is 2. The fourth-order valence-corrected chi connectivity index (χ4v) is 3.07. The van der Waals surface area contributed by atoms with Crippen molar-refractivity contribution in [3.8, 4) is 0 Å². The van der Waals surface area contributed by atoms with Gasteiger partial charge in [0.15, 0.2) is 28.2 Å². The monoisotopic (exact) mass is 386 g/mol. The summed E-state index contributed by atoms with van der Waals surface area (Å²) >= 11 is 5.65. The molecule has 2 aromatic rings. The molecule has 0 atom stereocenters. The summed E-state index contributed by atoms with van der Waals surface area (Å²) in [4.78, 5) is -1.96. The topological polar surface area (TPSA) is 49.4 Å². The van der Waals surface area contributed by atoms with Gasteiger partial charge in [0.2, 0.25) is 5.82 Å². The van der Waals surface area contributed by atoms with Crippen molar-refractivity contribution in [2.45, 2.75) is 4.90 Å². The molecule has 4 nitrogen and oxygen atoms in total. The number of sulfonamides is 1. The minimum atomic E-state index is -5.06. The number of rotatable bonds is 4. The number of halogens is 6. The van der Waals surface area contributed by atoms with Crippen LogP contribution in [0.4, 0.5) is 33.3 Å². The van der Waals surface area contributed by atoms with Crippen molar-refractivity contribution in [1.82, 2.24) is 0 Å². The molecule has 0 aliphatic heterocycles. The molecule has 0 aliphatic rings. The Morgan fingerprint density at radius 2 is 1.29 bits per heavy atom. The average molecular weight is 387 g/mol. The Labute approximate surface area is 138 Å². The Bertz CT molecular complexity index is 859. The second-order valence-corrected chi connectivity index (χ2v) is 6.65. The Morgan fingerprint density at radius 3 is 1.71 bits per heavy atom. The quantitative estimate of drug-likeness (QED) is 0.376.